The summed E-state index contributed by atoms with van der Waals surface area (Å²) in [7, 11) is 0. The van der Waals surface area contributed by atoms with Gasteiger partial charge in [0.2, 0.25) is 5.91 Å². The highest BCUT2D eigenvalue weighted by Crippen LogP contribution is 2.33. The molecule has 120 valence electrons. The van der Waals surface area contributed by atoms with Crippen LogP contribution in [0.2, 0.25) is 0 Å². The summed E-state index contributed by atoms with van der Waals surface area (Å²) < 4.78 is 5.38. The Hall–Kier alpha value is -2.04. The van der Waals surface area contributed by atoms with Crippen molar-refractivity contribution in [2.24, 2.45) is 5.92 Å². The summed E-state index contributed by atoms with van der Waals surface area (Å²) in [5.74, 6) is -1.43. The van der Waals surface area contributed by atoms with Crippen LogP contribution < -0.4 is 4.90 Å². The molecule has 1 aromatic rings. The number of carbonyl (C=O) groups is 2. The first kappa shape index (κ1) is 16.3. The van der Waals surface area contributed by atoms with Crippen LogP contribution in [0.3, 0.4) is 0 Å². The number of aromatic hydroxyl groups is 1. The zero-order chi connectivity index (χ0) is 16.5. The van der Waals surface area contributed by atoms with Gasteiger partial charge in [0.1, 0.15) is 17.3 Å². The van der Waals surface area contributed by atoms with Gasteiger partial charge in [-0.15, -0.1) is 0 Å². The van der Waals surface area contributed by atoms with E-state index in [-0.39, 0.29) is 11.7 Å². The van der Waals surface area contributed by atoms with E-state index in [1.807, 2.05) is 6.92 Å². The average molecular weight is 305 g/mol. The van der Waals surface area contributed by atoms with Crippen molar-refractivity contribution >= 4 is 17.6 Å². The van der Waals surface area contributed by atoms with Gasteiger partial charge in [0.15, 0.2) is 0 Å². The van der Waals surface area contributed by atoms with Gasteiger partial charge in [-0.05, 0) is 52.2 Å². The summed E-state index contributed by atoms with van der Waals surface area (Å²) in [4.78, 5) is 26.6. The largest absolute Gasteiger partial charge is 0.508 e. The first-order valence-electron chi connectivity index (χ1n) is 7.59. The number of fused-ring (bicyclic) bond motifs is 1. The van der Waals surface area contributed by atoms with E-state index in [9.17, 15) is 14.7 Å². The van der Waals surface area contributed by atoms with Crippen LogP contribution in [-0.2, 0) is 20.7 Å². The Kier molecular flexibility index (Phi) is 4.44. The Bertz CT molecular complexity index is 589. The first-order valence-corrected chi connectivity index (χ1v) is 7.59. The molecule has 5 heteroatoms. The van der Waals surface area contributed by atoms with Crippen LogP contribution in [0, 0.1) is 5.92 Å². The smallest absolute Gasteiger partial charge is 0.319 e. The number of amides is 1. The Morgan fingerprint density at radius 3 is 2.68 bits per heavy atom. The van der Waals surface area contributed by atoms with E-state index in [2.05, 4.69) is 0 Å². The van der Waals surface area contributed by atoms with Crippen LogP contribution in [0.15, 0.2) is 18.2 Å². The molecular formula is C17H23NO4. The summed E-state index contributed by atoms with van der Waals surface area (Å²) in [6, 6.07) is 4.98. The molecule has 0 spiro atoms. The van der Waals surface area contributed by atoms with Crippen molar-refractivity contribution in [1.29, 1.82) is 0 Å². The molecule has 0 saturated carbocycles. The highest BCUT2D eigenvalue weighted by molar-refractivity contribution is 6.07. The minimum atomic E-state index is -0.797. The van der Waals surface area contributed by atoms with Crippen LogP contribution in [0.25, 0.3) is 0 Å². The molecule has 1 heterocycles. The molecule has 1 N–H and O–H groups in total. The average Bonchev–Trinajstić information content (AvgIpc) is 2.52. The number of ether oxygens (including phenoxy) is 1. The maximum absolute atomic E-state index is 12.7. The molecule has 1 atom stereocenters. The molecule has 1 amide bonds. The van der Waals surface area contributed by atoms with Gasteiger partial charge in [0, 0.05) is 12.6 Å². The number of esters is 1. The van der Waals surface area contributed by atoms with Crippen LogP contribution in [-0.4, -0.2) is 29.1 Å². The first-order chi connectivity index (χ1) is 10.2. The summed E-state index contributed by atoms with van der Waals surface area (Å²) in [6.45, 7) is 7.65. The third kappa shape index (κ3) is 3.40. The summed E-state index contributed by atoms with van der Waals surface area (Å²) in [6.07, 6.45) is 1.02. The molecule has 0 aromatic heterocycles. The highest BCUT2D eigenvalue weighted by atomic mass is 16.6. The maximum atomic E-state index is 12.7. The third-order valence-corrected chi connectivity index (χ3v) is 3.63. The van der Waals surface area contributed by atoms with E-state index in [1.165, 1.54) is 0 Å². The van der Waals surface area contributed by atoms with Crippen LogP contribution in [0.5, 0.6) is 5.75 Å². The summed E-state index contributed by atoms with van der Waals surface area (Å²) >= 11 is 0. The molecule has 1 aliphatic heterocycles. The Morgan fingerprint density at radius 1 is 1.41 bits per heavy atom. The summed E-state index contributed by atoms with van der Waals surface area (Å²) in [5, 5.41) is 9.68. The van der Waals surface area contributed by atoms with Crippen molar-refractivity contribution in [1.82, 2.24) is 0 Å². The van der Waals surface area contributed by atoms with Crippen molar-refractivity contribution < 1.29 is 19.4 Å². The SMILES string of the molecule is CCN1C(=O)[C@H](C(=O)OC(C)(C)C)CCc2ccc(O)cc21. The van der Waals surface area contributed by atoms with Gasteiger partial charge in [0.25, 0.3) is 0 Å². The quantitative estimate of drug-likeness (QED) is 0.674. The van der Waals surface area contributed by atoms with Crippen molar-refractivity contribution in [2.75, 3.05) is 11.4 Å². The zero-order valence-corrected chi connectivity index (χ0v) is 13.5. The predicted molar refractivity (Wildman–Crippen MR) is 83.8 cm³/mol. The number of rotatable bonds is 2. The molecular weight excluding hydrogens is 282 g/mol. The Balaban J connectivity index is 2.33. The maximum Gasteiger partial charge on any atom is 0.319 e. The molecule has 2 rings (SSSR count). The number of carbonyl (C=O) groups excluding carboxylic acids is 2. The van der Waals surface area contributed by atoms with Gasteiger partial charge >= 0.3 is 5.97 Å². The van der Waals surface area contributed by atoms with Gasteiger partial charge in [-0.2, -0.15) is 0 Å². The van der Waals surface area contributed by atoms with Gasteiger partial charge in [-0.1, -0.05) is 6.07 Å². The molecule has 0 aliphatic carbocycles. The lowest BCUT2D eigenvalue weighted by atomic mass is 10.00. The molecule has 0 fully saturated rings. The second-order valence-electron chi connectivity index (χ2n) is 6.52. The Labute approximate surface area is 130 Å². The molecule has 1 aromatic carbocycles. The number of phenols is 1. The Morgan fingerprint density at radius 2 is 2.09 bits per heavy atom. The minimum Gasteiger partial charge on any atom is -0.508 e. The number of nitrogens with zero attached hydrogens (tertiary/aromatic N) is 1. The van der Waals surface area contributed by atoms with Gasteiger partial charge in [0.05, 0.1) is 5.69 Å². The normalized spacial score (nSPS) is 18.6. The molecule has 0 unspecified atom stereocenters. The van der Waals surface area contributed by atoms with E-state index in [4.69, 9.17) is 4.74 Å². The van der Waals surface area contributed by atoms with Gasteiger partial charge in [-0.3, -0.25) is 9.59 Å². The number of hydrogen-bond acceptors (Lipinski definition) is 4. The minimum absolute atomic E-state index is 0.112. The monoisotopic (exact) mass is 305 g/mol. The van der Waals surface area contributed by atoms with Crippen LogP contribution >= 0.6 is 0 Å². The highest BCUT2D eigenvalue weighted by Gasteiger charge is 2.37. The van der Waals surface area contributed by atoms with E-state index in [0.717, 1.165) is 5.56 Å². The van der Waals surface area contributed by atoms with Crippen molar-refractivity contribution in [3.8, 4) is 5.75 Å². The fraction of sp³-hybridized carbons (Fsp3) is 0.529. The van der Waals surface area contributed by atoms with E-state index < -0.39 is 17.5 Å². The molecule has 0 saturated heterocycles. The van der Waals surface area contributed by atoms with Crippen LogP contribution in [0.4, 0.5) is 5.69 Å². The number of aryl methyl sites for hydroxylation is 1. The third-order valence-electron chi connectivity index (χ3n) is 3.63. The van der Waals surface area contributed by atoms with E-state index >= 15 is 0 Å². The molecule has 0 radical (unpaired) electrons. The standard InChI is InChI=1S/C17H23NO4/c1-5-18-14-10-12(19)8-6-11(14)7-9-13(15(18)20)16(21)22-17(2,3)4/h6,8,10,13,19H,5,7,9H2,1-4H3/t13-/m1/s1. The number of phenolic OH excluding ortho intramolecular Hbond substituents is 1. The lowest BCUT2D eigenvalue weighted by Crippen LogP contribution is -2.41. The van der Waals surface area contributed by atoms with Crippen LogP contribution in [0.1, 0.15) is 39.7 Å². The van der Waals surface area contributed by atoms with Crippen molar-refractivity contribution in [3.05, 3.63) is 23.8 Å². The lowest BCUT2D eigenvalue weighted by Gasteiger charge is -2.26. The predicted octanol–water partition coefficient (Wildman–Crippen LogP) is 2.65. The number of anilines is 1. The summed E-state index contributed by atoms with van der Waals surface area (Å²) in [5.41, 5.74) is 1.02. The van der Waals surface area contributed by atoms with E-state index in [0.29, 0.717) is 25.1 Å². The second-order valence-corrected chi connectivity index (χ2v) is 6.52. The topological polar surface area (TPSA) is 66.8 Å². The fourth-order valence-corrected chi connectivity index (χ4v) is 2.66. The fourth-order valence-electron chi connectivity index (χ4n) is 2.66. The molecule has 0 bridgehead atoms. The lowest BCUT2D eigenvalue weighted by molar-refractivity contribution is -0.162. The molecule has 5 nitrogen and oxygen atoms in total. The number of hydrogen-bond donors (Lipinski definition) is 1. The van der Waals surface area contributed by atoms with Crippen molar-refractivity contribution in [2.45, 2.75) is 46.1 Å². The second kappa shape index (κ2) is 5.99. The van der Waals surface area contributed by atoms with Gasteiger partial charge < -0.3 is 14.7 Å². The van der Waals surface area contributed by atoms with Gasteiger partial charge in [-0.25, -0.2) is 0 Å². The zero-order valence-electron chi connectivity index (χ0n) is 13.5. The number of benzene rings is 1. The molecule has 1 aliphatic rings. The van der Waals surface area contributed by atoms with Crippen molar-refractivity contribution in [3.63, 3.8) is 0 Å². The molecule has 22 heavy (non-hydrogen) atoms. The van der Waals surface area contributed by atoms with E-state index in [1.54, 1.807) is 43.9 Å².